The summed E-state index contributed by atoms with van der Waals surface area (Å²) in [6, 6.07) is 7.33. The molecular weight excluding hydrogens is 270 g/mol. The minimum Gasteiger partial charge on any atom is -0.383 e. The first-order chi connectivity index (χ1) is 10.2. The van der Waals surface area contributed by atoms with E-state index < -0.39 is 0 Å². The van der Waals surface area contributed by atoms with E-state index in [2.05, 4.69) is 10.6 Å². The summed E-state index contributed by atoms with van der Waals surface area (Å²) in [5.74, 6) is -0.289. The monoisotopic (exact) mass is 293 g/mol. The molecule has 0 atom stereocenters. The molecule has 0 saturated heterocycles. The van der Waals surface area contributed by atoms with Crippen LogP contribution in [0.2, 0.25) is 0 Å². The SMILES string of the molecule is COCCNC(=O)CCNC(=O)c1cccc(CCN)c1. The van der Waals surface area contributed by atoms with E-state index in [0.717, 1.165) is 12.0 Å². The molecule has 0 aliphatic rings. The third kappa shape index (κ3) is 6.87. The lowest BCUT2D eigenvalue weighted by Gasteiger charge is -2.07. The van der Waals surface area contributed by atoms with E-state index >= 15 is 0 Å². The Hall–Kier alpha value is -1.92. The predicted molar refractivity (Wildman–Crippen MR) is 81.0 cm³/mol. The molecule has 0 bridgehead atoms. The average Bonchev–Trinajstić information content (AvgIpc) is 2.48. The van der Waals surface area contributed by atoms with Crippen molar-refractivity contribution in [2.24, 2.45) is 5.73 Å². The number of ether oxygens (including phenoxy) is 1. The van der Waals surface area contributed by atoms with E-state index in [9.17, 15) is 9.59 Å². The van der Waals surface area contributed by atoms with Gasteiger partial charge in [0.25, 0.3) is 5.91 Å². The second-order valence-corrected chi connectivity index (χ2v) is 4.59. The predicted octanol–water partition coefficient (Wildman–Crippen LogP) is 0.0703. The van der Waals surface area contributed by atoms with Gasteiger partial charge in [-0.15, -0.1) is 0 Å². The van der Waals surface area contributed by atoms with Crippen molar-refractivity contribution in [2.45, 2.75) is 12.8 Å². The Labute approximate surface area is 125 Å². The molecule has 0 fully saturated rings. The minimum absolute atomic E-state index is 0.107. The number of nitrogens with one attached hydrogen (secondary N) is 2. The topological polar surface area (TPSA) is 93.5 Å². The lowest BCUT2D eigenvalue weighted by atomic mass is 10.1. The summed E-state index contributed by atoms with van der Waals surface area (Å²) >= 11 is 0. The first kappa shape index (κ1) is 17.1. The summed E-state index contributed by atoms with van der Waals surface area (Å²) in [6.45, 7) is 1.81. The van der Waals surface area contributed by atoms with Gasteiger partial charge in [-0.05, 0) is 30.7 Å². The van der Waals surface area contributed by atoms with Gasteiger partial charge in [0.2, 0.25) is 5.91 Å². The number of rotatable bonds is 9. The molecule has 116 valence electrons. The smallest absolute Gasteiger partial charge is 0.251 e. The van der Waals surface area contributed by atoms with Crippen LogP contribution in [0.25, 0.3) is 0 Å². The van der Waals surface area contributed by atoms with Crippen LogP contribution in [0.15, 0.2) is 24.3 Å². The summed E-state index contributed by atoms with van der Waals surface area (Å²) in [7, 11) is 1.57. The van der Waals surface area contributed by atoms with E-state index in [1.807, 2.05) is 18.2 Å². The van der Waals surface area contributed by atoms with Gasteiger partial charge in [-0.2, -0.15) is 0 Å². The molecule has 0 saturated carbocycles. The summed E-state index contributed by atoms with van der Waals surface area (Å²) in [4.78, 5) is 23.4. The van der Waals surface area contributed by atoms with Crippen molar-refractivity contribution in [1.82, 2.24) is 10.6 Å². The number of carbonyl (C=O) groups is 2. The van der Waals surface area contributed by atoms with Gasteiger partial charge < -0.3 is 21.1 Å². The van der Waals surface area contributed by atoms with Crippen LogP contribution in [0.3, 0.4) is 0 Å². The molecule has 0 unspecified atom stereocenters. The molecule has 0 aliphatic carbocycles. The molecule has 0 heterocycles. The van der Waals surface area contributed by atoms with Crippen LogP contribution in [0.1, 0.15) is 22.3 Å². The molecule has 0 spiro atoms. The molecule has 21 heavy (non-hydrogen) atoms. The number of methoxy groups -OCH3 is 1. The van der Waals surface area contributed by atoms with Gasteiger partial charge in [-0.25, -0.2) is 0 Å². The van der Waals surface area contributed by atoms with Crippen LogP contribution >= 0.6 is 0 Å². The van der Waals surface area contributed by atoms with E-state index in [1.54, 1.807) is 13.2 Å². The molecule has 4 N–H and O–H groups in total. The number of hydrogen-bond donors (Lipinski definition) is 3. The highest BCUT2D eigenvalue weighted by molar-refractivity contribution is 5.94. The Bertz CT molecular complexity index is 463. The summed E-state index contributed by atoms with van der Waals surface area (Å²) in [5.41, 5.74) is 7.11. The number of benzene rings is 1. The van der Waals surface area contributed by atoms with Crippen molar-refractivity contribution in [2.75, 3.05) is 33.4 Å². The summed E-state index contributed by atoms with van der Waals surface area (Å²) in [6.07, 6.45) is 0.987. The van der Waals surface area contributed by atoms with Crippen molar-refractivity contribution in [3.63, 3.8) is 0 Å². The third-order valence-electron chi connectivity index (χ3n) is 2.89. The van der Waals surface area contributed by atoms with E-state index in [-0.39, 0.29) is 18.2 Å². The fourth-order valence-corrected chi connectivity index (χ4v) is 1.81. The van der Waals surface area contributed by atoms with Gasteiger partial charge in [0.1, 0.15) is 0 Å². The second-order valence-electron chi connectivity index (χ2n) is 4.59. The zero-order chi connectivity index (χ0) is 15.5. The normalized spacial score (nSPS) is 10.2. The maximum Gasteiger partial charge on any atom is 0.251 e. The lowest BCUT2D eigenvalue weighted by molar-refractivity contribution is -0.121. The van der Waals surface area contributed by atoms with Crippen LogP contribution in [-0.2, 0) is 16.0 Å². The highest BCUT2D eigenvalue weighted by atomic mass is 16.5. The van der Waals surface area contributed by atoms with Gasteiger partial charge in [0.05, 0.1) is 6.61 Å². The zero-order valence-electron chi connectivity index (χ0n) is 12.4. The van der Waals surface area contributed by atoms with Gasteiger partial charge >= 0.3 is 0 Å². The van der Waals surface area contributed by atoms with Crippen molar-refractivity contribution < 1.29 is 14.3 Å². The Morgan fingerprint density at radius 2 is 2.05 bits per heavy atom. The fraction of sp³-hybridized carbons (Fsp3) is 0.467. The molecule has 1 aromatic carbocycles. The standard InChI is InChI=1S/C15H23N3O3/c1-21-10-9-17-14(19)6-8-18-15(20)13-4-2-3-12(11-13)5-7-16/h2-4,11H,5-10,16H2,1H3,(H,17,19)(H,18,20). The Morgan fingerprint density at radius 1 is 1.24 bits per heavy atom. The quantitative estimate of drug-likeness (QED) is 0.562. The Morgan fingerprint density at radius 3 is 2.76 bits per heavy atom. The van der Waals surface area contributed by atoms with Gasteiger partial charge in [-0.3, -0.25) is 9.59 Å². The fourth-order valence-electron chi connectivity index (χ4n) is 1.81. The van der Waals surface area contributed by atoms with Crippen molar-refractivity contribution in [3.8, 4) is 0 Å². The molecule has 6 nitrogen and oxygen atoms in total. The Kier molecular flexibility index (Phi) is 8.08. The number of amides is 2. The first-order valence-electron chi connectivity index (χ1n) is 7.00. The van der Waals surface area contributed by atoms with Crippen molar-refractivity contribution >= 4 is 11.8 Å². The van der Waals surface area contributed by atoms with Gasteiger partial charge in [0, 0.05) is 32.2 Å². The molecule has 0 aliphatic heterocycles. The minimum atomic E-state index is -0.182. The van der Waals surface area contributed by atoms with E-state index in [1.165, 1.54) is 0 Å². The number of nitrogens with two attached hydrogens (primary N) is 1. The highest BCUT2D eigenvalue weighted by Gasteiger charge is 2.07. The second kappa shape index (κ2) is 9.90. The van der Waals surface area contributed by atoms with Crippen LogP contribution in [0.5, 0.6) is 0 Å². The van der Waals surface area contributed by atoms with Crippen molar-refractivity contribution in [1.29, 1.82) is 0 Å². The maximum atomic E-state index is 11.9. The lowest BCUT2D eigenvalue weighted by Crippen LogP contribution is -2.32. The number of hydrogen-bond acceptors (Lipinski definition) is 4. The molecule has 1 rings (SSSR count). The van der Waals surface area contributed by atoms with Crippen molar-refractivity contribution in [3.05, 3.63) is 35.4 Å². The van der Waals surface area contributed by atoms with Gasteiger partial charge in [-0.1, -0.05) is 12.1 Å². The molecule has 0 aromatic heterocycles. The third-order valence-corrected chi connectivity index (χ3v) is 2.89. The van der Waals surface area contributed by atoms with E-state index in [4.69, 9.17) is 10.5 Å². The molecule has 6 heteroatoms. The summed E-state index contributed by atoms with van der Waals surface area (Å²) < 4.78 is 4.83. The Balaban J connectivity index is 2.33. The largest absolute Gasteiger partial charge is 0.383 e. The van der Waals surface area contributed by atoms with Crippen LogP contribution in [-0.4, -0.2) is 45.2 Å². The van der Waals surface area contributed by atoms with Gasteiger partial charge in [0.15, 0.2) is 0 Å². The highest BCUT2D eigenvalue weighted by Crippen LogP contribution is 2.05. The maximum absolute atomic E-state index is 11.9. The molecule has 2 amide bonds. The molecule has 1 aromatic rings. The van der Waals surface area contributed by atoms with Crippen LogP contribution in [0, 0.1) is 0 Å². The summed E-state index contributed by atoms with van der Waals surface area (Å²) in [5, 5.41) is 5.42. The van der Waals surface area contributed by atoms with Crippen LogP contribution < -0.4 is 16.4 Å². The average molecular weight is 293 g/mol. The molecule has 0 radical (unpaired) electrons. The van der Waals surface area contributed by atoms with Crippen LogP contribution in [0.4, 0.5) is 0 Å². The molecular formula is C15H23N3O3. The number of carbonyl (C=O) groups excluding carboxylic acids is 2. The van der Waals surface area contributed by atoms with E-state index in [0.29, 0.717) is 31.8 Å². The first-order valence-corrected chi connectivity index (χ1v) is 7.00. The zero-order valence-corrected chi connectivity index (χ0v) is 12.4.